The van der Waals surface area contributed by atoms with Gasteiger partial charge >= 0.3 is 6.09 Å². The molecule has 4 rings (SSSR count). The van der Waals surface area contributed by atoms with Gasteiger partial charge in [0, 0.05) is 24.3 Å². The smallest absolute Gasteiger partial charge is 0.411 e. The van der Waals surface area contributed by atoms with Crippen molar-refractivity contribution in [3.63, 3.8) is 0 Å². The summed E-state index contributed by atoms with van der Waals surface area (Å²) in [6, 6.07) is 18.9. The number of anilines is 1. The maximum Gasteiger partial charge on any atom is 0.411 e. The zero-order valence-electron chi connectivity index (χ0n) is 21.6. The third-order valence-electron chi connectivity index (χ3n) is 6.26. The summed E-state index contributed by atoms with van der Waals surface area (Å²) in [4.78, 5) is 42.3. The molecule has 1 saturated heterocycles. The van der Waals surface area contributed by atoms with Gasteiger partial charge in [0.25, 0.3) is 5.91 Å². The quantitative estimate of drug-likeness (QED) is 0.445. The van der Waals surface area contributed by atoms with Crippen molar-refractivity contribution in [2.24, 2.45) is 0 Å². The van der Waals surface area contributed by atoms with Crippen LogP contribution in [-0.4, -0.2) is 60.9 Å². The maximum atomic E-state index is 13.4. The number of cyclic esters (lactones) is 1. The Balaban J connectivity index is 1.58. The van der Waals surface area contributed by atoms with E-state index >= 15 is 0 Å². The van der Waals surface area contributed by atoms with E-state index in [0.29, 0.717) is 35.5 Å². The molecule has 0 saturated carbocycles. The summed E-state index contributed by atoms with van der Waals surface area (Å²) in [5, 5.41) is 5.76. The first-order valence-electron chi connectivity index (χ1n) is 12.3. The largest absolute Gasteiger partial charge is 0.438 e. The van der Waals surface area contributed by atoms with Crippen LogP contribution in [0.2, 0.25) is 0 Å². The monoisotopic (exact) mass is 518 g/mol. The van der Waals surface area contributed by atoms with Crippen LogP contribution in [0, 0.1) is 12.7 Å². The highest BCUT2D eigenvalue weighted by molar-refractivity contribution is 6.04. The number of aryl methyl sites for hydroxylation is 1. The second-order valence-corrected chi connectivity index (χ2v) is 9.54. The number of nitrogens with one attached hydrogen (secondary N) is 2. The molecule has 1 heterocycles. The van der Waals surface area contributed by atoms with E-state index < -0.39 is 24.1 Å². The van der Waals surface area contributed by atoms with Gasteiger partial charge in [-0.05, 0) is 68.5 Å². The van der Waals surface area contributed by atoms with Gasteiger partial charge in [0.1, 0.15) is 5.82 Å². The van der Waals surface area contributed by atoms with Crippen molar-refractivity contribution in [3.05, 3.63) is 101 Å². The maximum absolute atomic E-state index is 13.4. The minimum Gasteiger partial charge on any atom is -0.438 e. The van der Waals surface area contributed by atoms with E-state index in [0.717, 1.165) is 5.56 Å². The van der Waals surface area contributed by atoms with E-state index in [1.54, 1.807) is 48.5 Å². The summed E-state index contributed by atoms with van der Waals surface area (Å²) < 4.78 is 19.1. The van der Waals surface area contributed by atoms with E-state index in [1.807, 2.05) is 38.1 Å². The highest BCUT2D eigenvalue weighted by Crippen LogP contribution is 2.35. The normalized spacial score (nSPS) is 16.9. The van der Waals surface area contributed by atoms with E-state index in [9.17, 15) is 18.8 Å². The van der Waals surface area contributed by atoms with E-state index in [4.69, 9.17) is 4.74 Å². The third kappa shape index (κ3) is 6.54. The van der Waals surface area contributed by atoms with Crippen LogP contribution >= 0.6 is 0 Å². The number of hydrogen-bond donors (Lipinski definition) is 2. The number of amides is 3. The van der Waals surface area contributed by atoms with Crippen molar-refractivity contribution in [2.45, 2.75) is 25.6 Å². The summed E-state index contributed by atoms with van der Waals surface area (Å²) in [5.41, 5.74) is 3.29. The van der Waals surface area contributed by atoms with Crippen LogP contribution in [-0.2, 0) is 16.1 Å². The lowest BCUT2D eigenvalue weighted by Gasteiger charge is -2.24. The Kier molecular flexibility index (Phi) is 8.38. The zero-order valence-corrected chi connectivity index (χ0v) is 21.6. The molecule has 9 heteroatoms. The van der Waals surface area contributed by atoms with E-state index in [1.165, 1.54) is 17.0 Å². The lowest BCUT2D eigenvalue weighted by atomic mass is 10.00. The van der Waals surface area contributed by atoms with Crippen LogP contribution in [0.4, 0.5) is 14.9 Å². The number of rotatable bonds is 9. The van der Waals surface area contributed by atoms with Gasteiger partial charge in [0.2, 0.25) is 5.91 Å². The Labute approximate surface area is 221 Å². The molecule has 1 aliphatic rings. The molecule has 0 radical (unpaired) electrons. The molecule has 3 aromatic carbocycles. The average Bonchev–Trinajstić information content (AvgIpc) is 3.21. The van der Waals surface area contributed by atoms with Crippen LogP contribution < -0.4 is 10.6 Å². The Hall–Kier alpha value is -4.24. The van der Waals surface area contributed by atoms with E-state index in [-0.39, 0.29) is 18.4 Å². The number of likely N-dealkylation sites (N-methyl/N-ethyl adjacent to an activating group) is 1. The molecule has 0 aromatic heterocycles. The molecule has 198 valence electrons. The third-order valence-corrected chi connectivity index (χ3v) is 6.26. The van der Waals surface area contributed by atoms with Crippen LogP contribution in [0.1, 0.15) is 33.2 Å². The molecule has 1 aliphatic heterocycles. The molecule has 0 aliphatic carbocycles. The Morgan fingerprint density at radius 2 is 1.74 bits per heavy atom. The number of halogens is 1. The second kappa shape index (κ2) is 11.9. The highest BCUT2D eigenvalue weighted by atomic mass is 19.1. The molecule has 2 atom stereocenters. The second-order valence-electron chi connectivity index (χ2n) is 9.54. The fourth-order valence-electron chi connectivity index (χ4n) is 4.21. The van der Waals surface area contributed by atoms with Gasteiger partial charge in [-0.15, -0.1) is 0 Å². The van der Waals surface area contributed by atoms with Crippen molar-refractivity contribution < 1.29 is 23.5 Å². The predicted octanol–water partition coefficient (Wildman–Crippen LogP) is 4.13. The van der Waals surface area contributed by atoms with Crippen molar-refractivity contribution in [2.75, 3.05) is 32.5 Å². The standard InChI is InChI=1S/C29H31FN4O4/c1-19-7-11-21(12-8-19)27(35)32-24-6-4-5-22(17-24)26-25(28(36)31-15-16-33(2)3)34(29(37)38-26)18-20-9-13-23(30)14-10-20/h4-14,17,25-26H,15-16,18H2,1-3H3,(H,31,36)(H,32,35)/t25-,26+/m1/s1. The van der Waals surface area contributed by atoms with Crippen molar-refractivity contribution >= 4 is 23.6 Å². The van der Waals surface area contributed by atoms with E-state index in [2.05, 4.69) is 10.6 Å². The summed E-state index contributed by atoms with van der Waals surface area (Å²) in [5.74, 6) is -1.03. The van der Waals surface area contributed by atoms with Gasteiger partial charge in [0.05, 0.1) is 6.54 Å². The summed E-state index contributed by atoms with van der Waals surface area (Å²) >= 11 is 0. The van der Waals surface area contributed by atoms with Crippen LogP contribution in [0.5, 0.6) is 0 Å². The first-order valence-corrected chi connectivity index (χ1v) is 12.3. The van der Waals surface area contributed by atoms with Gasteiger partial charge < -0.3 is 20.3 Å². The number of ether oxygens (including phenoxy) is 1. The first-order chi connectivity index (χ1) is 18.2. The molecule has 38 heavy (non-hydrogen) atoms. The van der Waals surface area contributed by atoms with Gasteiger partial charge in [-0.3, -0.25) is 14.5 Å². The van der Waals surface area contributed by atoms with Gasteiger partial charge in [-0.1, -0.05) is 42.0 Å². The molecule has 0 unspecified atom stereocenters. The molecular weight excluding hydrogens is 487 g/mol. The number of nitrogens with zero attached hydrogens (tertiary/aromatic N) is 2. The van der Waals surface area contributed by atoms with Gasteiger partial charge in [0.15, 0.2) is 12.1 Å². The number of carbonyl (C=O) groups excluding carboxylic acids is 3. The summed E-state index contributed by atoms with van der Waals surface area (Å²) in [6.45, 7) is 3.03. The van der Waals surface area contributed by atoms with Crippen molar-refractivity contribution in [1.29, 1.82) is 0 Å². The van der Waals surface area contributed by atoms with Crippen LogP contribution in [0.3, 0.4) is 0 Å². The predicted molar refractivity (Wildman–Crippen MR) is 142 cm³/mol. The molecule has 3 amide bonds. The number of benzene rings is 3. The number of carbonyl (C=O) groups is 3. The Bertz CT molecular complexity index is 1290. The summed E-state index contributed by atoms with van der Waals surface area (Å²) in [7, 11) is 3.79. The van der Waals surface area contributed by atoms with Gasteiger partial charge in [-0.2, -0.15) is 0 Å². The highest BCUT2D eigenvalue weighted by Gasteiger charge is 2.47. The fourth-order valence-corrected chi connectivity index (χ4v) is 4.21. The topological polar surface area (TPSA) is 91.0 Å². The fraction of sp³-hybridized carbons (Fsp3) is 0.276. The SMILES string of the molecule is Cc1ccc(C(=O)Nc2cccc([C@@H]3OC(=O)N(Cc4ccc(F)cc4)[C@H]3C(=O)NCCN(C)C)c2)cc1. The van der Waals surface area contributed by atoms with Crippen LogP contribution in [0.15, 0.2) is 72.8 Å². The molecule has 8 nitrogen and oxygen atoms in total. The molecule has 3 aromatic rings. The average molecular weight is 519 g/mol. The molecule has 1 fully saturated rings. The molecule has 2 N–H and O–H groups in total. The van der Waals surface area contributed by atoms with Crippen LogP contribution in [0.25, 0.3) is 0 Å². The Morgan fingerprint density at radius 3 is 2.42 bits per heavy atom. The summed E-state index contributed by atoms with van der Waals surface area (Å²) in [6.07, 6.45) is -1.56. The zero-order chi connectivity index (χ0) is 27.2. The molecular formula is C29H31FN4O4. The van der Waals surface area contributed by atoms with Crippen molar-refractivity contribution in [3.8, 4) is 0 Å². The minimum atomic E-state index is -0.960. The first kappa shape index (κ1) is 26.8. The Morgan fingerprint density at radius 1 is 1.03 bits per heavy atom. The minimum absolute atomic E-state index is 0.0746. The lowest BCUT2D eigenvalue weighted by molar-refractivity contribution is -0.126. The number of hydrogen-bond acceptors (Lipinski definition) is 5. The lowest BCUT2D eigenvalue weighted by Crippen LogP contribution is -2.47. The van der Waals surface area contributed by atoms with Crippen molar-refractivity contribution in [1.82, 2.24) is 15.1 Å². The van der Waals surface area contributed by atoms with Gasteiger partial charge in [-0.25, -0.2) is 9.18 Å². The molecule has 0 bridgehead atoms. The molecule has 0 spiro atoms.